The van der Waals surface area contributed by atoms with E-state index in [4.69, 9.17) is 0 Å². The summed E-state index contributed by atoms with van der Waals surface area (Å²) in [6, 6.07) is 12.6. The molecule has 0 saturated carbocycles. The Morgan fingerprint density at radius 1 is 1.14 bits per heavy atom. The smallest absolute Gasteiger partial charge is 0.125 e. The maximum Gasteiger partial charge on any atom is 0.125 e. The number of benzene rings is 2. The fourth-order valence-corrected chi connectivity index (χ4v) is 3.83. The van der Waals surface area contributed by atoms with Gasteiger partial charge in [-0.05, 0) is 46.7 Å². The van der Waals surface area contributed by atoms with E-state index in [1.54, 1.807) is 17.4 Å². The van der Waals surface area contributed by atoms with Crippen molar-refractivity contribution in [2.75, 3.05) is 11.9 Å². The lowest BCUT2D eigenvalue weighted by Gasteiger charge is -2.35. The van der Waals surface area contributed by atoms with Crippen LogP contribution in [0.3, 0.4) is 0 Å². The van der Waals surface area contributed by atoms with Crippen LogP contribution in [0, 0.1) is 5.82 Å². The summed E-state index contributed by atoms with van der Waals surface area (Å²) in [7, 11) is 0. The molecule has 0 fully saturated rings. The van der Waals surface area contributed by atoms with Gasteiger partial charge >= 0.3 is 0 Å². The number of aliphatic hydroxyl groups is 1. The third-order valence-corrected chi connectivity index (χ3v) is 5.06. The van der Waals surface area contributed by atoms with E-state index in [2.05, 4.69) is 11.4 Å². The van der Waals surface area contributed by atoms with E-state index in [1.807, 2.05) is 23.6 Å². The van der Waals surface area contributed by atoms with Crippen molar-refractivity contribution < 1.29 is 9.50 Å². The zero-order chi connectivity index (χ0) is 14.4. The average Bonchev–Trinajstić information content (AvgIpc) is 2.94. The van der Waals surface area contributed by atoms with Crippen LogP contribution in [0.25, 0.3) is 10.1 Å². The quantitative estimate of drug-likeness (QED) is 0.709. The van der Waals surface area contributed by atoms with Crippen molar-refractivity contribution in [1.82, 2.24) is 0 Å². The van der Waals surface area contributed by atoms with Crippen LogP contribution < -0.4 is 5.32 Å². The molecule has 4 rings (SSSR count). The highest BCUT2D eigenvalue weighted by Crippen LogP contribution is 2.41. The van der Waals surface area contributed by atoms with Crippen LogP contribution in [0.5, 0.6) is 0 Å². The molecule has 0 aliphatic carbocycles. The Bertz CT molecular complexity index is 829. The lowest BCUT2D eigenvalue weighted by atomic mass is 9.80. The fraction of sp³-hybridized carbons (Fsp3) is 0.176. The summed E-state index contributed by atoms with van der Waals surface area (Å²) < 4.78 is 14.6. The first-order valence-electron chi connectivity index (χ1n) is 6.91. The molecule has 0 bridgehead atoms. The van der Waals surface area contributed by atoms with Gasteiger partial charge in [-0.15, -0.1) is 11.3 Å². The molecule has 1 unspecified atom stereocenters. The normalized spacial score (nSPS) is 21.0. The molecule has 2 aromatic carbocycles. The van der Waals surface area contributed by atoms with E-state index in [0.29, 0.717) is 18.7 Å². The third-order valence-electron chi connectivity index (χ3n) is 4.16. The van der Waals surface area contributed by atoms with Crippen molar-refractivity contribution in [1.29, 1.82) is 0 Å². The molecule has 21 heavy (non-hydrogen) atoms. The van der Waals surface area contributed by atoms with E-state index < -0.39 is 5.60 Å². The van der Waals surface area contributed by atoms with Crippen molar-refractivity contribution >= 4 is 27.1 Å². The molecular formula is C17H14FNOS. The van der Waals surface area contributed by atoms with Crippen molar-refractivity contribution in [2.24, 2.45) is 0 Å². The first-order chi connectivity index (χ1) is 10.2. The fourth-order valence-electron chi connectivity index (χ4n) is 3.06. The Labute approximate surface area is 125 Å². The summed E-state index contributed by atoms with van der Waals surface area (Å²) in [5, 5.41) is 17.6. The molecule has 2 nitrogen and oxygen atoms in total. The second-order valence-corrected chi connectivity index (χ2v) is 6.35. The Kier molecular flexibility index (Phi) is 2.77. The molecule has 1 aliphatic rings. The van der Waals surface area contributed by atoms with Crippen molar-refractivity contribution in [2.45, 2.75) is 12.0 Å². The monoisotopic (exact) mass is 299 g/mol. The minimum absolute atomic E-state index is 0.293. The molecule has 0 amide bonds. The summed E-state index contributed by atoms with van der Waals surface area (Å²) in [4.78, 5) is 0. The number of hydrogen-bond acceptors (Lipinski definition) is 3. The lowest BCUT2D eigenvalue weighted by molar-refractivity contribution is 0.0721. The first kappa shape index (κ1) is 12.8. The molecule has 1 atom stereocenters. The number of thiophene rings is 1. The molecule has 0 spiro atoms. The van der Waals surface area contributed by atoms with Gasteiger partial charge in [0.25, 0.3) is 0 Å². The van der Waals surface area contributed by atoms with Crippen LogP contribution in [-0.4, -0.2) is 11.7 Å². The highest BCUT2D eigenvalue weighted by atomic mass is 32.1. The van der Waals surface area contributed by atoms with E-state index in [-0.39, 0.29) is 5.82 Å². The largest absolute Gasteiger partial charge is 0.385 e. The number of hydrogen-bond donors (Lipinski definition) is 2. The maximum atomic E-state index is 13.4. The first-order valence-corrected chi connectivity index (χ1v) is 7.79. The minimum Gasteiger partial charge on any atom is -0.385 e. The molecular weight excluding hydrogens is 285 g/mol. The zero-order valence-corrected chi connectivity index (χ0v) is 12.1. The highest BCUT2D eigenvalue weighted by molar-refractivity contribution is 7.17. The standard InChI is InChI=1S/C17H14FNOS/c18-13-2-3-14-15(10-13)19-7-6-17(14,20)12-1-4-16-11(9-12)5-8-21-16/h1-5,8-10,19-20H,6-7H2. The number of nitrogens with one attached hydrogen (secondary N) is 1. The second-order valence-electron chi connectivity index (χ2n) is 5.40. The molecule has 1 aliphatic heterocycles. The number of halogens is 1. The van der Waals surface area contributed by atoms with Crippen LogP contribution in [0.4, 0.5) is 10.1 Å². The van der Waals surface area contributed by atoms with Crippen LogP contribution in [0.2, 0.25) is 0 Å². The van der Waals surface area contributed by atoms with Crippen molar-refractivity contribution in [3.63, 3.8) is 0 Å². The Morgan fingerprint density at radius 2 is 2.05 bits per heavy atom. The van der Waals surface area contributed by atoms with Gasteiger partial charge in [0.2, 0.25) is 0 Å². The van der Waals surface area contributed by atoms with E-state index in [0.717, 1.165) is 16.5 Å². The molecule has 4 heteroatoms. The van der Waals surface area contributed by atoms with E-state index in [9.17, 15) is 9.50 Å². The lowest BCUT2D eigenvalue weighted by Crippen LogP contribution is -2.35. The maximum absolute atomic E-state index is 13.4. The molecule has 2 N–H and O–H groups in total. The van der Waals surface area contributed by atoms with Crippen molar-refractivity contribution in [3.05, 3.63) is 64.8 Å². The van der Waals surface area contributed by atoms with Gasteiger partial charge in [0, 0.05) is 28.9 Å². The van der Waals surface area contributed by atoms with Gasteiger partial charge in [0.15, 0.2) is 0 Å². The van der Waals surface area contributed by atoms with Gasteiger partial charge in [-0.1, -0.05) is 12.1 Å². The van der Waals surface area contributed by atoms with Gasteiger partial charge in [0.1, 0.15) is 11.4 Å². The molecule has 0 saturated heterocycles. The topological polar surface area (TPSA) is 32.3 Å². The van der Waals surface area contributed by atoms with Gasteiger partial charge in [-0.25, -0.2) is 4.39 Å². The predicted octanol–water partition coefficient (Wildman–Crippen LogP) is 4.09. The van der Waals surface area contributed by atoms with Gasteiger partial charge in [0.05, 0.1) is 0 Å². The van der Waals surface area contributed by atoms with Crippen molar-refractivity contribution in [3.8, 4) is 0 Å². The van der Waals surface area contributed by atoms with Crippen LogP contribution in [0.15, 0.2) is 47.8 Å². The predicted molar refractivity (Wildman–Crippen MR) is 84.3 cm³/mol. The van der Waals surface area contributed by atoms with Crippen LogP contribution >= 0.6 is 11.3 Å². The zero-order valence-electron chi connectivity index (χ0n) is 11.3. The molecule has 1 aromatic heterocycles. The van der Waals surface area contributed by atoms with Gasteiger partial charge in [-0.3, -0.25) is 0 Å². The summed E-state index contributed by atoms with van der Waals surface area (Å²) in [5.41, 5.74) is 1.21. The Balaban J connectivity index is 1.91. The third kappa shape index (κ3) is 1.94. The average molecular weight is 299 g/mol. The Hall–Kier alpha value is -1.91. The SMILES string of the molecule is OC1(c2ccc3sccc3c2)CCNc2cc(F)ccc21. The summed E-state index contributed by atoms with van der Waals surface area (Å²) in [5.74, 6) is -0.293. The Morgan fingerprint density at radius 3 is 2.95 bits per heavy atom. The molecule has 106 valence electrons. The van der Waals surface area contributed by atoms with Crippen LogP contribution in [0.1, 0.15) is 17.5 Å². The van der Waals surface area contributed by atoms with E-state index in [1.165, 1.54) is 16.8 Å². The number of rotatable bonds is 1. The van der Waals surface area contributed by atoms with E-state index >= 15 is 0 Å². The van der Waals surface area contributed by atoms with Crippen LogP contribution in [-0.2, 0) is 5.60 Å². The number of fused-ring (bicyclic) bond motifs is 2. The molecule has 3 aromatic rings. The molecule has 0 radical (unpaired) electrons. The van der Waals surface area contributed by atoms with Gasteiger partial charge in [-0.2, -0.15) is 0 Å². The van der Waals surface area contributed by atoms with Gasteiger partial charge < -0.3 is 10.4 Å². The summed E-state index contributed by atoms with van der Waals surface area (Å²) >= 11 is 1.69. The summed E-state index contributed by atoms with van der Waals surface area (Å²) in [6.45, 7) is 0.620. The minimum atomic E-state index is -1.07. The highest BCUT2D eigenvalue weighted by Gasteiger charge is 2.36. The number of anilines is 1. The summed E-state index contributed by atoms with van der Waals surface area (Å²) in [6.07, 6.45) is 0.571. The second kappa shape index (κ2) is 4.55. The molecule has 2 heterocycles.